The van der Waals surface area contributed by atoms with Gasteiger partial charge in [0.1, 0.15) is 0 Å². The van der Waals surface area contributed by atoms with Crippen molar-refractivity contribution in [2.75, 3.05) is 5.88 Å². The minimum atomic E-state index is -0.0933. The van der Waals surface area contributed by atoms with Gasteiger partial charge in [0.15, 0.2) is 5.78 Å². The maximum Gasteiger partial charge on any atom is 0.187 e. The molecule has 0 atom stereocenters. The normalized spacial score (nSPS) is 10.1. The lowest BCUT2D eigenvalue weighted by atomic mass is 10.4. The van der Waals surface area contributed by atoms with Crippen LogP contribution in [0.2, 0.25) is 5.02 Å². The molecule has 11 heavy (non-hydrogen) atoms. The van der Waals surface area contributed by atoms with Crippen LogP contribution in [-0.4, -0.2) is 11.7 Å². The van der Waals surface area contributed by atoms with E-state index in [1.807, 2.05) is 0 Å². The van der Waals surface area contributed by atoms with Gasteiger partial charge in [0.05, 0.1) is 19.6 Å². The molecule has 60 valence electrons. The van der Waals surface area contributed by atoms with Crippen molar-refractivity contribution in [2.24, 2.45) is 0 Å². The Bertz CT molecular complexity index is 265. The quantitative estimate of drug-likeness (QED) is 0.595. The second kappa shape index (κ2) is 3.90. The van der Waals surface area contributed by atoms with E-state index >= 15 is 0 Å². The number of Topliss-reactive ketones (excluding diaryl/α,β-unsaturated/α-hetero) is 1. The van der Waals surface area contributed by atoms with Crippen LogP contribution in [0.1, 0.15) is 9.67 Å². The van der Waals surface area contributed by atoms with Crippen LogP contribution in [0.4, 0.5) is 0 Å². The Hall–Kier alpha value is 0.430. The summed E-state index contributed by atoms with van der Waals surface area (Å²) in [5.41, 5.74) is 0. The molecule has 0 spiro atoms. The summed E-state index contributed by atoms with van der Waals surface area (Å²) < 4.78 is 0.771. The first kappa shape index (κ1) is 9.52. The van der Waals surface area contributed by atoms with Gasteiger partial charge in [-0.15, -0.1) is 22.9 Å². The van der Waals surface area contributed by atoms with E-state index in [-0.39, 0.29) is 11.7 Å². The summed E-state index contributed by atoms with van der Waals surface area (Å²) in [6, 6.07) is 1.61. The van der Waals surface area contributed by atoms with Crippen molar-refractivity contribution in [3.05, 3.63) is 19.8 Å². The first-order valence-electron chi connectivity index (χ1n) is 2.69. The van der Waals surface area contributed by atoms with E-state index in [0.717, 1.165) is 3.79 Å². The van der Waals surface area contributed by atoms with Gasteiger partial charge in [0, 0.05) is 0 Å². The maximum absolute atomic E-state index is 11.0. The van der Waals surface area contributed by atoms with Crippen LogP contribution in [0.15, 0.2) is 9.85 Å². The number of hydrogen-bond donors (Lipinski definition) is 0. The number of carbonyl (C=O) groups excluding carboxylic acids is 1. The largest absolute Gasteiger partial charge is 0.292 e. The van der Waals surface area contributed by atoms with E-state index in [2.05, 4.69) is 15.9 Å². The second-order valence-electron chi connectivity index (χ2n) is 1.79. The first-order valence-corrected chi connectivity index (χ1v) is 5.21. The zero-order valence-corrected chi connectivity index (χ0v) is 9.15. The lowest BCUT2D eigenvalue weighted by Crippen LogP contribution is -1.95. The summed E-state index contributed by atoms with van der Waals surface area (Å²) >= 11 is 15.5. The number of hydrogen-bond acceptors (Lipinski definition) is 2. The number of thiophene rings is 1. The van der Waals surface area contributed by atoms with Crippen LogP contribution in [0.5, 0.6) is 0 Å². The van der Waals surface area contributed by atoms with Gasteiger partial charge in [-0.05, 0) is 22.0 Å². The van der Waals surface area contributed by atoms with Gasteiger partial charge < -0.3 is 0 Å². The molecule has 0 aliphatic carbocycles. The molecule has 0 N–H and O–H groups in total. The van der Waals surface area contributed by atoms with E-state index in [9.17, 15) is 4.79 Å². The number of carbonyl (C=O) groups is 1. The molecule has 1 aromatic rings. The van der Waals surface area contributed by atoms with Gasteiger partial charge in [-0.2, -0.15) is 0 Å². The van der Waals surface area contributed by atoms with E-state index in [1.54, 1.807) is 6.07 Å². The average molecular weight is 274 g/mol. The van der Waals surface area contributed by atoms with E-state index in [4.69, 9.17) is 23.2 Å². The van der Waals surface area contributed by atoms with Gasteiger partial charge in [0.2, 0.25) is 0 Å². The topological polar surface area (TPSA) is 17.1 Å². The standard InChI is InChI=1S/C6H3BrCl2OS/c7-6-3(9)1-5(11-6)4(10)2-8/h1H,2H2. The maximum atomic E-state index is 11.0. The van der Waals surface area contributed by atoms with Crippen LogP contribution < -0.4 is 0 Å². The summed E-state index contributed by atoms with van der Waals surface area (Å²) in [5.74, 6) is -0.0900. The molecule has 1 aromatic heterocycles. The number of alkyl halides is 1. The number of ketones is 1. The highest BCUT2D eigenvalue weighted by molar-refractivity contribution is 9.11. The van der Waals surface area contributed by atoms with Gasteiger partial charge in [-0.1, -0.05) is 11.6 Å². The van der Waals surface area contributed by atoms with Gasteiger partial charge in [0.25, 0.3) is 0 Å². The minimum Gasteiger partial charge on any atom is -0.292 e. The Kier molecular flexibility index (Phi) is 3.37. The van der Waals surface area contributed by atoms with Crippen molar-refractivity contribution < 1.29 is 4.79 Å². The molecule has 0 radical (unpaired) electrons. The second-order valence-corrected chi connectivity index (χ2v) is 4.83. The van der Waals surface area contributed by atoms with Crippen LogP contribution in [-0.2, 0) is 0 Å². The minimum absolute atomic E-state index is 0.00326. The predicted molar refractivity (Wildman–Crippen MR) is 52.1 cm³/mol. The lowest BCUT2D eigenvalue weighted by molar-refractivity contribution is 0.102. The van der Waals surface area contributed by atoms with Crippen molar-refractivity contribution in [3.63, 3.8) is 0 Å². The van der Waals surface area contributed by atoms with Crippen molar-refractivity contribution in [1.82, 2.24) is 0 Å². The van der Waals surface area contributed by atoms with Crippen LogP contribution in [0.25, 0.3) is 0 Å². The lowest BCUT2D eigenvalue weighted by Gasteiger charge is -1.85. The third-order valence-electron chi connectivity index (χ3n) is 1.04. The molecule has 0 bridgehead atoms. The third kappa shape index (κ3) is 2.18. The third-order valence-corrected chi connectivity index (χ3v) is 3.80. The molecule has 0 aromatic carbocycles. The monoisotopic (exact) mass is 272 g/mol. The summed E-state index contributed by atoms with van der Waals surface area (Å²) in [5, 5.41) is 0.559. The Morgan fingerprint density at radius 1 is 1.73 bits per heavy atom. The SMILES string of the molecule is O=C(CCl)c1cc(Cl)c(Br)s1. The highest BCUT2D eigenvalue weighted by atomic mass is 79.9. The van der Waals surface area contributed by atoms with E-state index in [0.29, 0.717) is 9.90 Å². The van der Waals surface area contributed by atoms with Crippen LogP contribution in [0.3, 0.4) is 0 Å². The Morgan fingerprint density at radius 3 is 2.73 bits per heavy atom. The summed E-state index contributed by atoms with van der Waals surface area (Å²) in [6.07, 6.45) is 0. The van der Waals surface area contributed by atoms with E-state index < -0.39 is 0 Å². The molecule has 0 saturated carbocycles. The van der Waals surface area contributed by atoms with Gasteiger partial charge in [-0.25, -0.2) is 0 Å². The molecular formula is C6H3BrCl2OS. The van der Waals surface area contributed by atoms with Crippen molar-refractivity contribution in [2.45, 2.75) is 0 Å². The predicted octanol–water partition coefficient (Wildman–Crippen LogP) is 3.59. The Balaban J connectivity index is 2.97. The molecule has 0 amide bonds. The fraction of sp³-hybridized carbons (Fsp3) is 0.167. The smallest absolute Gasteiger partial charge is 0.187 e. The molecule has 0 fully saturated rings. The summed E-state index contributed by atoms with van der Waals surface area (Å²) in [4.78, 5) is 11.6. The summed E-state index contributed by atoms with van der Waals surface area (Å²) in [7, 11) is 0. The number of halogens is 3. The zero-order chi connectivity index (χ0) is 8.43. The summed E-state index contributed by atoms with van der Waals surface area (Å²) in [6.45, 7) is 0. The zero-order valence-electron chi connectivity index (χ0n) is 5.23. The first-order chi connectivity index (χ1) is 5.15. The van der Waals surface area contributed by atoms with Crippen LogP contribution in [0, 0.1) is 0 Å². The van der Waals surface area contributed by atoms with Crippen molar-refractivity contribution >= 4 is 56.3 Å². The molecule has 0 aliphatic heterocycles. The van der Waals surface area contributed by atoms with Gasteiger partial charge >= 0.3 is 0 Å². The Morgan fingerprint density at radius 2 is 2.36 bits per heavy atom. The molecule has 1 nitrogen and oxygen atoms in total. The highest BCUT2D eigenvalue weighted by Gasteiger charge is 2.10. The molecule has 0 unspecified atom stereocenters. The number of rotatable bonds is 2. The molecule has 1 rings (SSSR count). The molecular weight excluding hydrogens is 271 g/mol. The molecule has 5 heteroatoms. The van der Waals surface area contributed by atoms with E-state index in [1.165, 1.54) is 11.3 Å². The average Bonchev–Trinajstić information content (AvgIpc) is 2.31. The molecule has 1 heterocycles. The fourth-order valence-electron chi connectivity index (χ4n) is 0.550. The molecule has 0 aliphatic rings. The van der Waals surface area contributed by atoms with Crippen LogP contribution >= 0.6 is 50.5 Å². The van der Waals surface area contributed by atoms with Gasteiger partial charge in [-0.3, -0.25) is 4.79 Å². The highest BCUT2D eigenvalue weighted by Crippen LogP contribution is 2.32. The van der Waals surface area contributed by atoms with Crippen molar-refractivity contribution in [1.29, 1.82) is 0 Å². The fourth-order valence-corrected chi connectivity index (χ4v) is 2.41. The Labute approximate surface area is 86.4 Å². The van der Waals surface area contributed by atoms with Crippen molar-refractivity contribution in [3.8, 4) is 0 Å². The molecule has 0 saturated heterocycles.